The lowest BCUT2D eigenvalue weighted by molar-refractivity contribution is 0.105. The van der Waals surface area contributed by atoms with Gasteiger partial charge in [-0.15, -0.1) is 0 Å². The van der Waals surface area contributed by atoms with Crippen molar-refractivity contribution in [1.29, 1.82) is 0 Å². The number of carbonyl (C=O) groups is 1. The molecule has 0 aliphatic carbocycles. The zero-order valence-corrected chi connectivity index (χ0v) is 8.57. The van der Waals surface area contributed by atoms with Crippen LogP contribution in [0.4, 0.5) is 5.13 Å². The summed E-state index contributed by atoms with van der Waals surface area (Å²) in [6.45, 7) is 8.08. The van der Waals surface area contributed by atoms with E-state index in [4.69, 9.17) is 0 Å². The first kappa shape index (κ1) is 9.92. The topological polar surface area (TPSA) is 42.0 Å². The maximum absolute atomic E-state index is 11.3. The van der Waals surface area contributed by atoms with Gasteiger partial charge >= 0.3 is 0 Å². The summed E-state index contributed by atoms with van der Waals surface area (Å²) in [6, 6.07) is 0. The van der Waals surface area contributed by atoms with Crippen molar-refractivity contribution >= 4 is 22.3 Å². The van der Waals surface area contributed by atoms with Crippen molar-refractivity contribution in [3.63, 3.8) is 0 Å². The second-order valence-corrected chi connectivity index (χ2v) is 3.53. The Morgan fingerprint density at radius 3 is 3.00 bits per heavy atom. The van der Waals surface area contributed by atoms with Gasteiger partial charge in [-0.25, -0.2) is 4.98 Å². The van der Waals surface area contributed by atoms with Crippen LogP contribution < -0.4 is 5.32 Å². The molecular weight excluding hydrogens is 184 g/mol. The summed E-state index contributed by atoms with van der Waals surface area (Å²) >= 11 is 1.37. The van der Waals surface area contributed by atoms with Crippen LogP contribution in [0.5, 0.6) is 0 Å². The van der Waals surface area contributed by atoms with Crippen LogP contribution in [0.3, 0.4) is 0 Å². The van der Waals surface area contributed by atoms with Crippen molar-refractivity contribution < 1.29 is 4.79 Å². The maximum Gasteiger partial charge on any atom is 0.197 e. The monoisotopic (exact) mass is 196 g/mol. The van der Waals surface area contributed by atoms with E-state index in [9.17, 15) is 4.79 Å². The third-order valence-electron chi connectivity index (χ3n) is 1.53. The van der Waals surface area contributed by atoms with Crippen LogP contribution in [0.2, 0.25) is 0 Å². The molecule has 0 unspecified atom stereocenters. The number of ketones is 1. The number of rotatable bonds is 4. The highest BCUT2D eigenvalue weighted by Crippen LogP contribution is 2.22. The van der Waals surface area contributed by atoms with Crippen LogP contribution in [0.1, 0.15) is 22.3 Å². The van der Waals surface area contributed by atoms with Crippen molar-refractivity contribution in [2.45, 2.75) is 13.8 Å². The molecule has 0 saturated carbocycles. The van der Waals surface area contributed by atoms with E-state index in [1.54, 1.807) is 0 Å². The Hall–Kier alpha value is -1.16. The third kappa shape index (κ3) is 2.15. The molecule has 0 aromatic carbocycles. The molecule has 70 valence electrons. The van der Waals surface area contributed by atoms with E-state index in [1.165, 1.54) is 17.4 Å². The van der Waals surface area contributed by atoms with Crippen LogP contribution in [-0.4, -0.2) is 17.3 Å². The number of nitrogens with zero attached hydrogens (tertiary/aromatic N) is 1. The number of hydrogen-bond donors (Lipinski definition) is 1. The van der Waals surface area contributed by atoms with Crippen molar-refractivity contribution in [3.05, 3.63) is 23.2 Å². The van der Waals surface area contributed by atoms with Crippen LogP contribution in [0.15, 0.2) is 12.7 Å². The second kappa shape index (κ2) is 4.18. The highest BCUT2D eigenvalue weighted by molar-refractivity contribution is 7.17. The molecule has 4 heteroatoms. The molecule has 1 aromatic heterocycles. The van der Waals surface area contributed by atoms with Gasteiger partial charge in [-0.05, 0) is 19.9 Å². The van der Waals surface area contributed by atoms with Gasteiger partial charge < -0.3 is 5.32 Å². The first-order chi connectivity index (χ1) is 6.19. The van der Waals surface area contributed by atoms with E-state index >= 15 is 0 Å². The molecule has 13 heavy (non-hydrogen) atoms. The molecule has 0 spiro atoms. The van der Waals surface area contributed by atoms with Crippen molar-refractivity contribution in [2.24, 2.45) is 0 Å². The Morgan fingerprint density at radius 2 is 2.46 bits per heavy atom. The van der Waals surface area contributed by atoms with Gasteiger partial charge in [0.25, 0.3) is 0 Å². The number of carbonyl (C=O) groups excluding carboxylic acids is 1. The summed E-state index contributed by atoms with van der Waals surface area (Å²) in [4.78, 5) is 16.2. The summed E-state index contributed by atoms with van der Waals surface area (Å²) in [5.74, 6) is -0.0563. The first-order valence-electron chi connectivity index (χ1n) is 4.07. The summed E-state index contributed by atoms with van der Waals surface area (Å²) in [5.41, 5.74) is 0.769. The normalized spacial score (nSPS) is 9.69. The van der Waals surface area contributed by atoms with E-state index < -0.39 is 0 Å². The lowest BCUT2D eigenvalue weighted by atomic mass is 10.3. The van der Waals surface area contributed by atoms with Crippen molar-refractivity contribution in [3.8, 4) is 0 Å². The van der Waals surface area contributed by atoms with Crippen molar-refractivity contribution in [1.82, 2.24) is 4.98 Å². The molecule has 0 amide bonds. The van der Waals surface area contributed by atoms with E-state index in [2.05, 4.69) is 16.9 Å². The average Bonchev–Trinajstić information content (AvgIpc) is 2.46. The van der Waals surface area contributed by atoms with Gasteiger partial charge in [-0.2, -0.15) is 0 Å². The summed E-state index contributed by atoms with van der Waals surface area (Å²) in [6.07, 6.45) is 1.32. The molecule has 1 heterocycles. The van der Waals surface area contributed by atoms with Gasteiger partial charge in [0.2, 0.25) is 0 Å². The fraction of sp³-hybridized carbons (Fsp3) is 0.333. The van der Waals surface area contributed by atoms with E-state index in [-0.39, 0.29) is 5.78 Å². The van der Waals surface area contributed by atoms with Gasteiger partial charge in [-0.3, -0.25) is 4.79 Å². The van der Waals surface area contributed by atoms with Crippen LogP contribution in [0.25, 0.3) is 0 Å². The molecule has 3 nitrogen and oxygen atoms in total. The quantitative estimate of drug-likeness (QED) is 0.593. The standard InChI is InChI=1S/C9H12N2OS/c1-4-7(12)8-6(3)11-9(13-8)10-5-2/h4H,1,5H2,2-3H3,(H,10,11). The molecule has 1 rings (SSSR count). The Bertz CT molecular complexity index is 330. The number of aromatic nitrogens is 1. The van der Waals surface area contributed by atoms with Crippen LogP contribution >= 0.6 is 11.3 Å². The smallest absolute Gasteiger partial charge is 0.197 e. The lowest BCUT2D eigenvalue weighted by Gasteiger charge is -1.92. The zero-order valence-electron chi connectivity index (χ0n) is 7.76. The Balaban J connectivity index is 2.95. The van der Waals surface area contributed by atoms with Gasteiger partial charge in [0.05, 0.1) is 10.6 Å². The minimum absolute atomic E-state index is 0.0563. The molecule has 0 radical (unpaired) electrons. The zero-order chi connectivity index (χ0) is 9.84. The predicted molar refractivity (Wildman–Crippen MR) is 55.5 cm³/mol. The number of aryl methyl sites for hydroxylation is 1. The van der Waals surface area contributed by atoms with Crippen molar-refractivity contribution in [2.75, 3.05) is 11.9 Å². The molecule has 0 aliphatic heterocycles. The van der Waals surface area contributed by atoms with E-state index in [0.29, 0.717) is 4.88 Å². The molecule has 0 saturated heterocycles. The Labute approximate surface area is 81.5 Å². The van der Waals surface area contributed by atoms with Gasteiger partial charge in [0, 0.05) is 6.54 Å². The molecule has 0 atom stereocenters. The van der Waals surface area contributed by atoms with Gasteiger partial charge in [-0.1, -0.05) is 17.9 Å². The lowest BCUT2D eigenvalue weighted by Crippen LogP contribution is -1.94. The number of anilines is 1. The first-order valence-corrected chi connectivity index (χ1v) is 4.88. The largest absolute Gasteiger partial charge is 0.362 e. The molecular formula is C9H12N2OS. The number of allylic oxidation sites excluding steroid dienone is 1. The molecule has 0 aliphatic rings. The summed E-state index contributed by atoms with van der Waals surface area (Å²) < 4.78 is 0. The van der Waals surface area contributed by atoms with Gasteiger partial charge in [0.15, 0.2) is 10.9 Å². The summed E-state index contributed by atoms with van der Waals surface area (Å²) in [5, 5.41) is 3.87. The number of thiazole rings is 1. The Morgan fingerprint density at radius 1 is 1.77 bits per heavy atom. The maximum atomic E-state index is 11.3. The highest BCUT2D eigenvalue weighted by Gasteiger charge is 2.11. The van der Waals surface area contributed by atoms with Crippen LogP contribution in [-0.2, 0) is 0 Å². The predicted octanol–water partition coefficient (Wildman–Crippen LogP) is 2.25. The number of hydrogen-bond acceptors (Lipinski definition) is 4. The fourth-order valence-corrected chi connectivity index (χ4v) is 1.91. The molecule has 0 bridgehead atoms. The average molecular weight is 196 g/mol. The second-order valence-electron chi connectivity index (χ2n) is 2.53. The molecule has 1 aromatic rings. The van der Waals surface area contributed by atoms with E-state index in [0.717, 1.165) is 17.4 Å². The Kier molecular flexibility index (Phi) is 3.19. The third-order valence-corrected chi connectivity index (χ3v) is 2.66. The molecule has 0 fully saturated rings. The fourth-order valence-electron chi connectivity index (χ4n) is 0.945. The minimum Gasteiger partial charge on any atom is -0.362 e. The van der Waals surface area contributed by atoms with Crippen LogP contribution in [0, 0.1) is 6.92 Å². The SMILES string of the molecule is C=CC(=O)c1sc(NCC)nc1C. The highest BCUT2D eigenvalue weighted by atomic mass is 32.1. The molecule has 1 N–H and O–H groups in total. The van der Waals surface area contributed by atoms with Gasteiger partial charge in [0.1, 0.15) is 0 Å². The minimum atomic E-state index is -0.0563. The number of nitrogens with one attached hydrogen (secondary N) is 1. The van der Waals surface area contributed by atoms with E-state index in [1.807, 2.05) is 13.8 Å². The summed E-state index contributed by atoms with van der Waals surface area (Å²) in [7, 11) is 0.